The third-order valence-electron chi connectivity index (χ3n) is 7.12. The van der Waals surface area contributed by atoms with Gasteiger partial charge in [-0.15, -0.1) is 0 Å². The second-order valence-electron chi connectivity index (χ2n) is 11.4. The van der Waals surface area contributed by atoms with E-state index < -0.39 is 122 Å². The molecule has 0 spiro atoms. The number of esters is 8. The van der Waals surface area contributed by atoms with Crippen LogP contribution in [-0.2, 0) is 85.7 Å². The first-order chi connectivity index (χ1) is 24.5. The maximum Gasteiger partial charge on any atom is 0.340 e. The minimum absolute atomic E-state index is 0.0733. The average Bonchev–Trinajstić information content (AvgIpc) is 3.03. The number of ether oxygens (including phenoxy) is 11. The average molecular weight is 741 g/mol. The molecule has 1 aromatic rings. The van der Waals surface area contributed by atoms with Gasteiger partial charge in [-0.1, -0.05) is 18.2 Å². The summed E-state index contributed by atoms with van der Waals surface area (Å²) in [7, 11) is 0. The summed E-state index contributed by atoms with van der Waals surface area (Å²) in [5.74, 6) is -7.13. The number of hydrogen-bond donors (Lipinski definition) is 0. The molecular formula is C33H40O19. The van der Waals surface area contributed by atoms with Crippen LogP contribution in [0, 0.1) is 0 Å². The predicted octanol–water partition coefficient (Wildman–Crippen LogP) is 0.463. The molecular weight excluding hydrogens is 700 g/mol. The van der Waals surface area contributed by atoms with Gasteiger partial charge in [0.05, 0.1) is 5.56 Å². The van der Waals surface area contributed by atoms with Crippen molar-refractivity contribution in [1.29, 1.82) is 0 Å². The summed E-state index contributed by atoms with van der Waals surface area (Å²) in [6.45, 7) is 6.01. The van der Waals surface area contributed by atoms with Gasteiger partial charge < -0.3 is 52.1 Å². The molecule has 10 atom stereocenters. The van der Waals surface area contributed by atoms with Crippen molar-refractivity contribution in [2.24, 2.45) is 0 Å². The molecule has 2 saturated heterocycles. The number of hydrogen-bond acceptors (Lipinski definition) is 19. The van der Waals surface area contributed by atoms with Gasteiger partial charge in [0.25, 0.3) is 0 Å². The Hall–Kier alpha value is -5.14. The quantitative estimate of drug-likeness (QED) is 0.197. The number of benzene rings is 1. The van der Waals surface area contributed by atoms with Gasteiger partial charge in [0, 0.05) is 48.5 Å². The first-order valence-electron chi connectivity index (χ1n) is 15.8. The van der Waals surface area contributed by atoms with Crippen LogP contribution in [0.4, 0.5) is 0 Å². The lowest BCUT2D eigenvalue weighted by atomic mass is 9.96. The van der Waals surface area contributed by atoms with Crippen molar-refractivity contribution >= 4 is 47.8 Å². The topological polar surface area (TPSA) is 238 Å². The summed E-state index contributed by atoms with van der Waals surface area (Å²) in [6.07, 6.45) is -16.7. The molecule has 286 valence electrons. The maximum atomic E-state index is 13.1. The molecule has 19 heteroatoms. The van der Waals surface area contributed by atoms with Gasteiger partial charge in [0.15, 0.2) is 30.7 Å². The van der Waals surface area contributed by atoms with Gasteiger partial charge in [-0.2, -0.15) is 0 Å². The molecule has 0 bridgehead atoms. The maximum absolute atomic E-state index is 13.1. The molecule has 2 aliphatic heterocycles. The zero-order valence-corrected chi connectivity index (χ0v) is 29.3. The molecule has 0 amide bonds. The lowest BCUT2D eigenvalue weighted by molar-refractivity contribution is -0.356. The fourth-order valence-corrected chi connectivity index (χ4v) is 5.31. The van der Waals surface area contributed by atoms with E-state index in [0.717, 1.165) is 48.5 Å². The van der Waals surface area contributed by atoms with Gasteiger partial charge in [0.1, 0.15) is 31.5 Å². The van der Waals surface area contributed by atoms with Gasteiger partial charge in [-0.3, -0.25) is 33.6 Å². The molecule has 0 radical (unpaired) electrons. The minimum Gasteiger partial charge on any atom is -0.463 e. The van der Waals surface area contributed by atoms with Crippen molar-refractivity contribution in [2.75, 3.05) is 13.2 Å². The normalized spacial score (nSPS) is 28.2. The van der Waals surface area contributed by atoms with Crippen molar-refractivity contribution in [3.63, 3.8) is 0 Å². The second-order valence-corrected chi connectivity index (χ2v) is 11.4. The van der Waals surface area contributed by atoms with Crippen LogP contribution < -0.4 is 0 Å². The highest BCUT2D eigenvalue weighted by molar-refractivity contribution is 5.89. The molecule has 0 unspecified atom stereocenters. The molecule has 3 rings (SSSR count). The molecule has 2 heterocycles. The minimum atomic E-state index is -1.85. The molecule has 2 aliphatic rings. The van der Waals surface area contributed by atoms with E-state index in [4.69, 9.17) is 52.1 Å². The van der Waals surface area contributed by atoms with Crippen LogP contribution >= 0.6 is 0 Å². The van der Waals surface area contributed by atoms with E-state index in [1.165, 1.54) is 12.1 Å². The summed E-state index contributed by atoms with van der Waals surface area (Å²) >= 11 is 0. The summed E-state index contributed by atoms with van der Waals surface area (Å²) in [5.41, 5.74) is 0.0733. The van der Waals surface area contributed by atoms with Gasteiger partial charge in [-0.05, 0) is 12.1 Å². The van der Waals surface area contributed by atoms with Gasteiger partial charge in [0.2, 0.25) is 12.4 Å². The van der Waals surface area contributed by atoms with Crippen LogP contribution in [0.15, 0.2) is 30.3 Å². The Morgan fingerprint density at radius 1 is 0.462 bits per heavy atom. The van der Waals surface area contributed by atoms with Crippen molar-refractivity contribution in [2.45, 2.75) is 110 Å². The molecule has 0 aliphatic carbocycles. The number of carbonyl (C=O) groups excluding carboxylic acids is 8. The highest BCUT2D eigenvalue weighted by atomic mass is 16.8. The molecule has 0 N–H and O–H groups in total. The van der Waals surface area contributed by atoms with Crippen LogP contribution in [0.5, 0.6) is 0 Å². The van der Waals surface area contributed by atoms with E-state index in [9.17, 15) is 38.4 Å². The highest BCUT2D eigenvalue weighted by Crippen LogP contribution is 2.35. The van der Waals surface area contributed by atoms with E-state index in [1.807, 2.05) is 0 Å². The first kappa shape index (κ1) is 41.3. The number of rotatable bonds is 13. The lowest BCUT2D eigenvalue weighted by Crippen LogP contribution is -2.67. The SMILES string of the molecule is CC(=O)OC[C@H]1O[C@@H](O[C@H]2[C@H](OC(C)=O)[C@@H](OC(C)=O)[C@H](OC(=O)c3ccccc3)O[C@@H]2COC(C)=O)[C@H](OC(C)=O)[C@@H](OC(C)=O)[C@H]1OC(C)=O. The van der Waals surface area contributed by atoms with Crippen molar-refractivity contribution in [1.82, 2.24) is 0 Å². The summed E-state index contributed by atoms with van der Waals surface area (Å²) in [4.78, 5) is 98.5. The Balaban J connectivity index is 2.16. The Morgan fingerprint density at radius 2 is 0.846 bits per heavy atom. The van der Waals surface area contributed by atoms with E-state index in [2.05, 4.69) is 0 Å². The molecule has 0 aromatic heterocycles. The predicted molar refractivity (Wildman–Crippen MR) is 165 cm³/mol. The zero-order chi connectivity index (χ0) is 38.7. The fraction of sp³-hybridized carbons (Fsp3) is 0.576. The largest absolute Gasteiger partial charge is 0.463 e. The van der Waals surface area contributed by atoms with Crippen molar-refractivity contribution < 1.29 is 90.5 Å². The van der Waals surface area contributed by atoms with Gasteiger partial charge in [-0.25, -0.2) is 4.79 Å². The molecule has 0 saturated carbocycles. The first-order valence-corrected chi connectivity index (χ1v) is 15.8. The fourth-order valence-electron chi connectivity index (χ4n) is 5.31. The molecule has 1 aromatic carbocycles. The van der Waals surface area contributed by atoms with Crippen LogP contribution in [-0.4, -0.2) is 122 Å². The van der Waals surface area contributed by atoms with E-state index in [1.54, 1.807) is 18.2 Å². The molecule has 2 fully saturated rings. The summed E-state index contributed by atoms with van der Waals surface area (Å²) in [6, 6.07) is 7.64. The van der Waals surface area contributed by atoms with Crippen molar-refractivity contribution in [3.05, 3.63) is 35.9 Å². The van der Waals surface area contributed by atoms with Crippen LogP contribution in [0.3, 0.4) is 0 Å². The Morgan fingerprint density at radius 3 is 1.31 bits per heavy atom. The van der Waals surface area contributed by atoms with E-state index in [0.29, 0.717) is 0 Å². The Bertz CT molecular complexity index is 1480. The Labute approximate surface area is 297 Å². The Kier molecular flexibility index (Phi) is 15.0. The van der Waals surface area contributed by atoms with Crippen LogP contribution in [0.2, 0.25) is 0 Å². The van der Waals surface area contributed by atoms with Gasteiger partial charge >= 0.3 is 47.8 Å². The van der Waals surface area contributed by atoms with E-state index in [-0.39, 0.29) is 5.56 Å². The molecule has 52 heavy (non-hydrogen) atoms. The summed E-state index contributed by atoms with van der Waals surface area (Å²) in [5, 5.41) is 0. The second kappa shape index (κ2) is 18.9. The zero-order valence-electron chi connectivity index (χ0n) is 29.3. The molecule has 19 nitrogen and oxygen atoms in total. The van der Waals surface area contributed by atoms with Crippen LogP contribution in [0.1, 0.15) is 58.8 Å². The number of carbonyl (C=O) groups is 8. The third-order valence-corrected chi connectivity index (χ3v) is 7.12. The van der Waals surface area contributed by atoms with Crippen molar-refractivity contribution in [3.8, 4) is 0 Å². The summed E-state index contributed by atoms with van der Waals surface area (Å²) < 4.78 is 61.4. The monoisotopic (exact) mass is 740 g/mol. The van der Waals surface area contributed by atoms with Crippen LogP contribution in [0.25, 0.3) is 0 Å². The third kappa shape index (κ3) is 12.0. The smallest absolute Gasteiger partial charge is 0.340 e. The lowest BCUT2D eigenvalue weighted by Gasteiger charge is -2.48. The van der Waals surface area contributed by atoms with E-state index >= 15 is 0 Å². The highest BCUT2D eigenvalue weighted by Gasteiger charge is 2.58. The standard InChI is InChI=1S/C33H40O19/c1-15(34)42-13-23-25(44-17(3)36)27(45-18(4)37)29(47-20(6)39)32(49-23)51-26-24(14-43-16(2)35)50-33(52-31(41)22-11-9-8-10-12-22)30(48-21(7)40)28(26)46-19(5)38/h8-12,23-30,32-33H,13-14H2,1-7H3/t23-,24-,25+,26-,27+,28+,29-,30-,32+,33+/m1/s1.